The molecule has 20 heavy (non-hydrogen) atoms. The molecule has 1 aromatic rings. The van der Waals surface area contributed by atoms with E-state index >= 15 is 0 Å². The maximum atomic E-state index is 9.98. The number of rotatable bonds is 6. The fraction of sp³-hybridized carbons (Fsp3) is 0.625. The lowest BCUT2D eigenvalue weighted by atomic mass is 10.1. The monoisotopic (exact) mass is 279 g/mol. The van der Waals surface area contributed by atoms with Gasteiger partial charge in [-0.1, -0.05) is 12.1 Å². The van der Waals surface area contributed by atoms with Gasteiger partial charge in [0.1, 0.15) is 18.5 Å². The van der Waals surface area contributed by atoms with E-state index in [-0.39, 0.29) is 0 Å². The van der Waals surface area contributed by atoms with Crippen LogP contribution in [-0.2, 0) is 4.74 Å². The molecule has 2 rings (SSSR count). The van der Waals surface area contributed by atoms with Gasteiger partial charge in [0, 0.05) is 25.8 Å². The second kappa shape index (κ2) is 7.62. The molecule has 0 aliphatic carbocycles. The fourth-order valence-corrected chi connectivity index (χ4v) is 2.31. The fourth-order valence-electron chi connectivity index (χ4n) is 2.31. The summed E-state index contributed by atoms with van der Waals surface area (Å²) in [4.78, 5) is 0. The lowest BCUT2D eigenvalue weighted by Crippen LogP contribution is -2.40. The predicted octanol–water partition coefficient (Wildman–Crippen LogP) is 1.81. The van der Waals surface area contributed by atoms with Gasteiger partial charge in [-0.15, -0.1) is 0 Å². The van der Waals surface area contributed by atoms with Gasteiger partial charge in [0.25, 0.3) is 0 Å². The Morgan fingerprint density at radius 1 is 1.35 bits per heavy atom. The topological polar surface area (TPSA) is 50.7 Å². The van der Waals surface area contributed by atoms with E-state index in [4.69, 9.17) is 9.47 Å². The number of hydrogen-bond acceptors (Lipinski definition) is 4. The van der Waals surface area contributed by atoms with Crippen LogP contribution >= 0.6 is 0 Å². The molecule has 0 bridgehead atoms. The SMILES string of the molecule is Cc1ccc(C)c(OCC(O)CNC2CCOCC2)c1. The highest BCUT2D eigenvalue weighted by Gasteiger charge is 2.15. The zero-order valence-electron chi connectivity index (χ0n) is 12.4. The molecule has 0 aromatic heterocycles. The molecule has 0 radical (unpaired) electrons. The largest absolute Gasteiger partial charge is 0.491 e. The smallest absolute Gasteiger partial charge is 0.122 e. The standard InChI is InChI=1S/C16H25NO3/c1-12-3-4-13(2)16(9-12)20-11-15(18)10-17-14-5-7-19-8-6-14/h3-4,9,14-15,17-18H,5-8,10-11H2,1-2H3. The van der Waals surface area contributed by atoms with Crippen LogP contribution in [0.3, 0.4) is 0 Å². The van der Waals surface area contributed by atoms with Crippen molar-refractivity contribution >= 4 is 0 Å². The van der Waals surface area contributed by atoms with Crippen molar-refractivity contribution in [2.24, 2.45) is 0 Å². The zero-order valence-corrected chi connectivity index (χ0v) is 12.4. The van der Waals surface area contributed by atoms with E-state index in [1.807, 2.05) is 26.0 Å². The van der Waals surface area contributed by atoms with Gasteiger partial charge in [0.05, 0.1) is 0 Å². The number of aliphatic hydroxyl groups excluding tert-OH is 1. The third-order valence-electron chi connectivity index (χ3n) is 3.64. The quantitative estimate of drug-likeness (QED) is 0.834. The highest BCUT2D eigenvalue weighted by Crippen LogP contribution is 2.19. The summed E-state index contributed by atoms with van der Waals surface area (Å²) in [6.07, 6.45) is 1.55. The first-order chi connectivity index (χ1) is 9.65. The number of nitrogens with one attached hydrogen (secondary N) is 1. The van der Waals surface area contributed by atoms with Gasteiger partial charge in [-0.3, -0.25) is 0 Å². The summed E-state index contributed by atoms with van der Waals surface area (Å²) in [6, 6.07) is 6.57. The van der Waals surface area contributed by atoms with Crippen LogP contribution in [-0.4, -0.2) is 43.6 Å². The minimum atomic E-state index is -0.488. The van der Waals surface area contributed by atoms with E-state index in [1.165, 1.54) is 5.56 Å². The van der Waals surface area contributed by atoms with Crippen molar-refractivity contribution in [2.45, 2.75) is 38.8 Å². The Balaban J connectivity index is 1.71. The normalized spacial score (nSPS) is 17.9. The first kappa shape index (κ1) is 15.3. The van der Waals surface area contributed by atoms with Crippen molar-refractivity contribution in [1.29, 1.82) is 0 Å². The molecule has 2 N–H and O–H groups in total. The van der Waals surface area contributed by atoms with Crippen LogP contribution in [0.4, 0.5) is 0 Å². The van der Waals surface area contributed by atoms with Gasteiger partial charge in [-0.2, -0.15) is 0 Å². The Morgan fingerprint density at radius 2 is 2.10 bits per heavy atom. The molecule has 4 heteroatoms. The Kier molecular flexibility index (Phi) is 5.83. The van der Waals surface area contributed by atoms with Gasteiger partial charge < -0.3 is 19.9 Å². The molecule has 1 heterocycles. The average Bonchev–Trinajstić information content (AvgIpc) is 2.47. The Bertz CT molecular complexity index is 416. The van der Waals surface area contributed by atoms with Crippen molar-refractivity contribution in [1.82, 2.24) is 5.32 Å². The van der Waals surface area contributed by atoms with E-state index < -0.39 is 6.10 Å². The molecule has 1 aliphatic rings. The van der Waals surface area contributed by atoms with E-state index in [1.54, 1.807) is 0 Å². The Morgan fingerprint density at radius 3 is 2.85 bits per heavy atom. The summed E-state index contributed by atoms with van der Waals surface area (Å²) in [5.74, 6) is 0.857. The van der Waals surface area contributed by atoms with Gasteiger partial charge >= 0.3 is 0 Å². The predicted molar refractivity (Wildman–Crippen MR) is 79.3 cm³/mol. The van der Waals surface area contributed by atoms with Crippen LogP contribution in [0.5, 0.6) is 5.75 Å². The molecule has 4 nitrogen and oxygen atoms in total. The van der Waals surface area contributed by atoms with Crippen molar-refractivity contribution in [3.63, 3.8) is 0 Å². The highest BCUT2D eigenvalue weighted by atomic mass is 16.5. The number of benzene rings is 1. The van der Waals surface area contributed by atoms with Gasteiger partial charge in [0.2, 0.25) is 0 Å². The summed E-state index contributed by atoms with van der Waals surface area (Å²) in [6.45, 7) is 6.56. The highest BCUT2D eigenvalue weighted by molar-refractivity contribution is 5.35. The molecule has 112 valence electrons. The number of aryl methyl sites for hydroxylation is 2. The molecule has 1 saturated heterocycles. The summed E-state index contributed by atoms with van der Waals surface area (Å²) >= 11 is 0. The lowest BCUT2D eigenvalue weighted by molar-refractivity contribution is 0.0654. The Labute approximate surface area is 121 Å². The van der Waals surface area contributed by atoms with Crippen LogP contribution < -0.4 is 10.1 Å². The van der Waals surface area contributed by atoms with Gasteiger partial charge in [-0.05, 0) is 43.9 Å². The molecule has 0 spiro atoms. The molecule has 1 aliphatic heterocycles. The van der Waals surface area contributed by atoms with Crippen LogP contribution in [0, 0.1) is 13.8 Å². The number of aliphatic hydroxyl groups is 1. The molecule has 0 amide bonds. The van der Waals surface area contributed by atoms with Crippen molar-refractivity contribution < 1.29 is 14.6 Å². The van der Waals surface area contributed by atoms with Crippen LogP contribution in [0.1, 0.15) is 24.0 Å². The average molecular weight is 279 g/mol. The van der Waals surface area contributed by atoms with Crippen LogP contribution in [0.2, 0.25) is 0 Å². The van der Waals surface area contributed by atoms with Crippen molar-refractivity contribution in [3.05, 3.63) is 29.3 Å². The number of ether oxygens (including phenoxy) is 2. The first-order valence-corrected chi connectivity index (χ1v) is 7.34. The zero-order chi connectivity index (χ0) is 14.4. The first-order valence-electron chi connectivity index (χ1n) is 7.34. The summed E-state index contributed by atoms with van der Waals surface area (Å²) in [7, 11) is 0. The Hall–Kier alpha value is -1.10. The molecule has 1 fully saturated rings. The van der Waals surface area contributed by atoms with E-state index in [0.29, 0.717) is 19.2 Å². The maximum absolute atomic E-state index is 9.98. The second-order valence-electron chi connectivity index (χ2n) is 5.53. The maximum Gasteiger partial charge on any atom is 0.122 e. The van der Waals surface area contributed by atoms with Crippen LogP contribution in [0.25, 0.3) is 0 Å². The van der Waals surface area contributed by atoms with Gasteiger partial charge in [-0.25, -0.2) is 0 Å². The number of hydrogen-bond donors (Lipinski definition) is 2. The molecule has 1 unspecified atom stereocenters. The summed E-state index contributed by atoms with van der Waals surface area (Å²) in [5.41, 5.74) is 2.26. The second-order valence-corrected chi connectivity index (χ2v) is 5.53. The summed E-state index contributed by atoms with van der Waals surface area (Å²) in [5, 5.41) is 13.4. The third-order valence-corrected chi connectivity index (χ3v) is 3.64. The minimum absolute atomic E-state index is 0.320. The van der Waals surface area contributed by atoms with E-state index in [2.05, 4.69) is 11.4 Å². The molecule has 1 atom stereocenters. The molecular formula is C16H25NO3. The third kappa shape index (κ3) is 4.78. The minimum Gasteiger partial charge on any atom is -0.491 e. The molecule has 0 saturated carbocycles. The molecule has 1 aromatic carbocycles. The van der Waals surface area contributed by atoms with E-state index in [0.717, 1.165) is 37.4 Å². The van der Waals surface area contributed by atoms with Crippen molar-refractivity contribution in [2.75, 3.05) is 26.4 Å². The summed E-state index contributed by atoms with van der Waals surface area (Å²) < 4.78 is 11.0. The van der Waals surface area contributed by atoms with E-state index in [9.17, 15) is 5.11 Å². The van der Waals surface area contributed by atoms with Crippen LogP contribution in [0.15, 0.2) is 18.2 Å². The molecular weight excluding hydrogens is 254 g/mol. The van der Waals surface area contributed by atoms with Crippen molar-refractivity contribution in [3.8, 4) is 5.75 Å². The lowest BCUT2D eigenvalue weighted by Gasteiger charge is -2.24. The van der Waals surface area contributed by atoms with Gasteiger partial charge in [0.15, 0.2) is 0 Å².